The van der Waals surface area contributed by atoms with E-state index in [4.69, 9.17) is 0 Å². The molecular weight excluding hydrogens is 357 g/mol. The van der Waals surface area contributed by atoms with Gasteiger partial charge in [-0.25, -0.2) is 4.39 Å². The molecule has 1 saturated heterocycles. The SMILES string of the molecule is O=C(NC1CC1)C(c1ccccc1)N1CCN(C(=O)c2ccccc2F)CC1. The molecule has 0 aromatic heterocycles. The zero-order valence-corrected chi connectivity index (χ0v) is 15.7. The lowest BCUT2D eigenvalue weighted by molar-refractivity contribution is -0.127. The minimum Gasteiger partial charge on any atom is -0.352 e. The summed E-state index contributed by atoms with van der Waals surface area (Å²) < 4.78 is 13.9. The molecule has 6 heteroatoms. The number of rotatable bonds is 5. The van der Waals surface area contributed by atoms with Crippen molar-refractivity contribution in [2.45, 2.75) is 24.9 Å². The Labute approximate surface area is 164 Å². The fourth-order valence-electron chi connectivity index (χ4n) is 3.66. The summed E-state index contributed by atoms with van der Waals surface area (Å²) in [6.07, 6.45) is 2.08. The van der Waals surface area contributed by atoms with E-state index in [9.17, 15) is 14.0 Å². The molecule has 2 amide bonds. The summed E-state index contributed by atoms with van der Waals surface area (Å²) >= 11 is 0. The first-order valence-electron chi connectivity index (χ1n) is 9.76. The molecular formula is C22H24FN3O2. The van der Waals surface area contributed by atoms with Crippen molar-refractivity contribution in [1.82, 2.24) is 15.1 Å². The zero-order valence-electron chi connectivity index (χ0n) is 15.7. The van der Waals surface area contributed by atoms with Crippen molar-refractivity contribution >= 4 is 11.8 Å². The molecule has 1 aliphatic heterocycles. The first-order chi connectivity index (χ1) is 13.6. The summed E-state index contributed by atoms with van der Waals surface area (Å²) in [5.74, 6) is -0.778. The number of carbonyl (C=O) groups excluding carboxylic acids is 2. The number of nitrogens with zero attached hydrogens (tertiary/aromatic N) is 2. The second-order valence-electron chi connectivity index (χ2n) is 7.40. The molecule has 1 heterocycles. The van der Waals surface area contributed by atoms with Gasteiger partial charge in [0.05, 0.1) is 5.56 Å². The maximum Gasteiger partial charge on any atom is 0.256 e. The van der Waals surface area contributed by atoms with Gasteiger partial charge in [0.25, 0.3) is 5.91 Å². The van der Waals surface area contributed by atoms with Crippen LogP contribution in [-0.2, 0) is 4.79 Å². The van der Waals surface area contributed by atoms with Crippen molar-refractivity contribution in [2.75, 3.05) is 26.2 Å². The van der Waals surface area contributed by atoms with E-state index in [2.05, 4.69) is 10.2 Å². The van der Waals surface area contributed by atoms with Gasteiger partial charge in [0.15, 0.2) is 0 Å². The smallest absolute Gasteiger partial charge is 0.256 e. The first kappa shape index (κ1) is 18.6. The number of carbonyl (C=O) groups is 2. The Bertz CT molecular complexity index is 846. The normalized spacial score (nSPS) is 18.5. The van der Waals surface area contributed by atoms with E-state index in [1.807, 2.05) is 30.3 Å². The van der Waals surface area contributed by atoms with Gasteiger partial charge < -0.3 is 10.2 Å². The highest BCUT2D eigenvalue weighted by atomic mass is 19.1. The van der Waals surface area contributed by atoms with E-state index in [0.717, 1.165) is 18.4 Å². The molecule has 28 heavy (non-hydrogen) atoms. The topological polar surface area (TPSA) is 52.7 Å². The Kier molecular flexibility index (Phi) is 5.39. The van der Waals surface area contributed by atoms with Crippen molar-refractivity contribution < 1.29 is 14.0 Å². The number of amides is 2. The van der Waals surface area contributed by atoms with Crippen molar-refractivity contribution in [3.8, 4) is 0 Å². The third-order valence-corrected chi connectivity index (χ3v) is 5.36. The van der Waals surface area contributed by atoms with Gasteiger partial charge >= 0.3 is 0 Å². The maximum atomic E-state index is 13.9. The fourth-order valence-corrected chi connectivity index (χ4v) is 3.66. The van der Waals surface area contributed by atoms with Crippen LogP contribution in [0.4, 0.5) is 4.39 Å². The van der Waals surface area contributed by atoms with Gasteiger partial charge in [-0.1, -0.05) is 42.5 Å². The molecule has 1 saturated carbocycles. The highest BCUT2D eigenvalue weighted by Gasteiger charge is 2.34. The Morgan fingerprint density at radius 2 is 1.57 bits per heavy atom. The molecule has 146 valence electrons. The van der Waals surface area contributed by atoms with Gasteiger partial charge in [-0.3, -0.25) is 14.5 Å². The summed E-state index contributed by atoms with van der Waals surface area (Å²) in [5.41, 5.74) is 1.05. The van der Waals surface area contributed by atoms with Crippen LogP contribution in [-0.4, -0.2) is 53.8 Å². The minimum atomic E-state index is -0.499. The lowest BCUT2D eigenvalue weighted by Crippen LogP contribution is -2.52. The third-order valence-electron chi connectivity index (χ3n) is 5.36. The molecule has 2 aliphatic rings. The molecule has 5 nitrogen and oxygen atoms in total. The van der Waals surface area contributed by atoms with E-state index < -0.39 is 5.82 Å². The molecule has 2 aromatic rings. The van der Waals surface area contributed by atoms with Gasteiger partial charge in [-0.15, -0.1) is 0 Å². The van der Waals surface area contributed by atoms with Crippen LogP contribution in [0.5, 0.6) is 0 Å². The highest BCUT2D eigenvalue weighted by Crippen LogP contribution is 2.26. The molecule has 2 fully saturated rings. The summed E-state index contributed by atoms with van der Waals surface area (Å²) in [7, 11) is 0. The number of halogens is 1. The summed E-state index contributed by atoms with van der Waals surface area (Å²) in [4.78, 5) is 29.3. The van der Waals surface area contributed by atoms with Crippen LogP contribution >= 0.6 is 0 Å². The van der Waals surface area contributed by atoms with Gasteiger partial charge in [0, 0.05) is 32.2 Å². The summed E-state index contributed by atoms with van der Waals surface area (Å²) in [5, 5.41) is 3.11. The third kappa shape index (κ3) is 4.07. The van der Waals surface area contributed by atoms with Gasteiger partial charge in [0.1, 0.15) is 11.9 Å². The van der Waals surface area contributed by atoms with Crippen LogP contribution in [0.15, 0.2) is 54.6 Å². The first-order valence-corrected chi connectivity index (χ1v) is 9.76. The second kappa shape index (κ2) is 8.10. The van der Waals surface area contributed by atoms with E-state index in [0.29, 0.717) is 32.2 Å². The second-order valence-corrected chi connectivity index (χ2v) is 7.40. The summed E-state index contributed by atoms with van der Waals surface area (Å²) in [6, 6.07) is 15.7. The Morgan fingerprint density at radius 1 is 0.929 bits per heavy atom. The average Bonchev–Trinajstić information content (AvgIpc) is 3.53. The van der Waals surface area contributed by atoms with E-state index >= 15 is 0 Å². The molecule has 4 rings (SSSR count). The van der Waals surface area contributed by atoms with Crippen LogP contribution in [0.1, 0.15) is 34.8 Å². The van der Waals surface area contributed by atoms with Crippen LogP contribution in [0.2, 0.25) is 0 Å². The Balaban J connectivity index is 1.46. The standard InChI is InChI=1S/C22H24FN3O2/c23-19-9-5-4-8-18(19)22(28)26-14-12-25(13-15-26)20(16-6-2-1-3-7-16)21(27)24-17-10-11-17/h1-9,17,20H,10-15H2,(H,24,27). The van der Waals surface area contributed by atoms with Crippen molar-refractivity contribution in [3.63, 3.8) is 0 Å². The lowest BCUT2D eigenvalue weighted by atomic mass is 10.0. The number of hydrogen-bond acceptors (Lipinski definition) is 3. The quantitative estimate of drug-likeness (QED) is 0.866. The van der Waals surface area contributed by atoms with Gasteiger partial charge in [0.2, 0.25) is 5.91 Å². The van der Waals surface area contributed by atoms with Crippen LogP contribution in [0.25, 0.3) is 0 Å². The lowest BCUT2D eigenvalue weighted by Gasteiger charge is -2.38. The van der Waals surface area contributed by atoms with Crippen LogP contribution < -0.4 is 5.32 Å². The van der Waals surface area contributed by atoms with Crippen molar-refractivity contribution in [2.24, 2.45) is 0 Å². The zero-order chi connectivity index (χ0) is 19.5. The predicted octanol–water partition coefficient (Wildman–Crippen LogP) is 2.60. The van der Waals surface area contributed by atoms with Gasteiger partial charge in [-0.2, -0.15) is 0 Å². The van der Waals surface area contributed by atoms with Crippen LogP contribution in [0.3, 0.4) is 0 Å². The molecule has 2 aromatic carbocycles. The molecule has 1 atom stereocenters. The Hall–Kier alpha value is -2.73. The van der Waals surface area contributed by atoms with Gasteiger partial charge in [-0.05, 0) is 30.5 Å². The summed E-state index contributed by atoms with van der Waals surface area (Å²) in [6.45, 7) is 2.07. The molecule has 1 aliphatic carbocycles. The molecule has 0 spiro atoms. The van der Waals surface area contributed by atoms with E-state index in [1.54, 1.807) is 17.0 Å². The molecule has 1 N–H and O–H groups in total. The maximum absolute atomic E-state index is 13.9. The number of hydrogen-bond donors (Lipinski definition) is 1. The average molecular weight is 381 g/mol. The molecule has 1 unspecified atom stereocenters. The van der Waals surface area contributed by atoms with E-state index in [-0.39, 0.29) is 23.4 Å². The number of piperazine rings is 1. The van der Waals surface area contributed by atoms with E-state index in [1.165, 1.54) is 12.1 Å². The molecule has 0 bridgehead atoms. The van der Waals surface area contributed by atoms with Crippen molar-refractivity contribution in [3.05, 3.63) is 71.5 Å². The fraction of sp³-hybridized carbons (Fsp3) is 0.364. The monoisotopic (exact) mass is 381 g/mol. The predicted molar refractivity (Wildman–Crippen MR) is 104 cm³/mol. The highest BCUT2D eigenvalue weighted by molar-refractivity contribution is 5.94. The van der Waals surface area contributed by atoms with Crippen molar-refractivity contribution in [1.29, 1.82) is 0 Å². The number of benzene rings is 2. The van der Waals surface area contributed by atoms with Crippen LogP contribution in [0, 0.1) is 5.82 Å². The molecule has 0 radical (unpaired) electrons. The Morgan fingerprint density at radius 3 is 2.21 bits per heavy atom. The minimum absolute atomic E-state index is 0.0163. The number of nitrogens with one attached hydrogen (secondary N) is 1. The largest absolute Gasteiger partial charge is 0.352 e.